The highest BCUT2D eigenvalue weighted by atomic mass is 35.5. The summed E-state index contributed by atoms with van der Waals surface area (Å²) in [6.07, 6.45) is 5.82. The lowest BCUT2D eigenvalue weighted by atomic mass is 10.2. The standard InChI is InChI=1S/C21H13Cl2N3O3S/c1-2-8-25-19-15(23)10-13(22)11-16(19)30-21(25)24-20(29)12-4-3-5-14(9-12)26-17(27)6-7-18(26)28/h1,3-5,9-11H,6-8H2. The number of nitrogens with zero attached hydrogens (tertiary/aromatic N) is 3. The van der Waals surface area contributed by atoms with Gasteiger partial charge in [0.05, 0.1) is 27.5 Å². The largest absolute Gasteiger partial charge is 0.303 e. The number of carbonyl (C=O) groups is 3. The normalized spacial score (nSPS) is 14.6. The van der Waals surface area contributed by atoms with Crippen LogP contribution in [0, 0.1) is 12.3 Å². The first-order valence-electron chi connectivity index (χ1n) is 8.86. The number of amides is 3. The van der Waals surface area contributed by atoms with Crippen LogP contribution in [-0.4, -0.2) is 22.3 Å². The molecule has 0 radical (unpaired) electrons. The van der Waals surface area contributed by atoms with Crippen LogP contribution in [0.25, 0.3) is 10.2 Å². The number of hydrogen-bond donors (Lipinski definition) is 0. The minimum absolute atomic E-state index is 0.165. The first-order chi connectivity index (χ1) is 14.4. The second-order valence-electron chi connectivity index (χ2n) is 6.50. The fourth-order valence-electron chi connectivity index (χ4n) is 3.25. The Kier molecular flexibility index (Phi) is 5.48. The summed E-state index contributed by atoms with van der Waals surface area (Å²) >= 11 is 13.6. The molecule has 2 heterocycles. The lowest BCUT2D eigenvalue weighted by molar-refractivity contribution is -0.121. The lowest BCUT2D eigenvalue weighted by Crippen LogP contribution is -2.28. The predicted molar refractivity (Wildman–Crippen MR) is 117 cm³/mol. The van der Waals surface area contributed by atoms with Gasteiger partial charge in [-0.05, 0) is 30.3 Å². The van der Waals surface area contributed by atoms with Gasteiger partial charge in [-0.15, -0.1) is 6.42 Å². The van der Waals surface area contributed by atoms with Crippen molar-refractivity contribution in [2.45, 2.75) is 19.4 Å². The molecule has 2 aromatic carbocycles. The van der Waals surface area contributed by atoms with Crippen molar-refractivity contribution in [2.24, 2.45) is 4.99 Å². The molecule has 0 N–H and O–H groups in total. The van der Waals surface area contributed by atoms with E-state index in [0.29, 0.717) is 26.1 Å². The zero-order chi connectivity index (χ0) is 21.4. The summed E-state index contributed by atoms with van der Waals surface area (Å²) in [7, 11) is 0. The van der Waals surface area contributed by atoms with Crippen molar-refractivity contribution in [2.75, 3.05) is 4.90 Å². The van der Waals surface area contributed by atoms with Crippen LogP contribution < -0.4 is 9.70 Å². The van der Waals surface area contributed by atoms with Gasteiger partial charge in [-0.25, -0.2) is 0 Å². The zero-order valence-corrected chi connectivity index (χ0v) is 17.7. The molecule has 1 fully saturated rings. The average molecular weight is 458 g/mol. The molecule has 0 bridgehead atoms. The van der Waals surface area contributed by atoms with Gasteiger partial charge in [0.15, 0.2) is 4.80 Å². The van der Waals surface area contributed by atoms with Crippen molar-refractivity contribution < 1.29 is 14.4 Å². The lowest BCUT2D eigenvalue weighted by Gasteiger charge is -2.14. The third-order valence-corrected chi connectivity index (χ3v) is 6.08. The fourth-order valence-corrected chi connectivity index (χ4v) is 5.06. The molecule has 1 aromatic heterocycles. The van der Waals surface area contributed by atoms with Crippen molar-refractivity contribution in [3.63, 3.8) is 0 Å². The molecular formula is C21H13Cl2N3O3S. The third kappa shape index (κ3) is 3.65. The summed E-state index contributed by atoms with van der Waals surface area (Å²) in [5, 5.41) is 0.873. The van der Waals surface area contributed by atoms with E-state index in [-0.39, 0.29) is 36.8 Å². The van der Waals surface area contributed by atoms with E-state index in [1.165, 1.54) is 17.4 Å². The summed E-state index contributed by atoms with van der Waals surface area (Å²) in [6, 6.07) is 9.60. The molecule has 1 aliphatic heterocycles. The molecule has 0 unspecified atom stereocenters. The maximum atomic E-state index is 12.9. The molecule has 0 atom stereocenters. The van der Waals surface area contributed by atoms with Crippen LogP contribution in [0.1, 0.15) is 23.2 Å². The van der Waals surface area contributed by atoms with Crippen molar-refractivity contribution in [3.8, 4) is 12.3 Å². The average Bonchev–Trinajstić information content (AvgIpc) is 3.21. The van der Waals surface area contributed by atoms with E-state index in [0.717, 1.165) is 9.60 Å². The van der Waals surface area contributed by atoms with Crippen molar-refractivity contribution >= 4 is 68.2 Å². The van der Waals surface area contributed by atoms with E-state index in [1.54, 1.807) is 34.9 Å². The van der Waals surface area contributed by atoms with Gasteiger partial charge in [0.2, 0.25) is 11.8 Å². The quantitative estimate of drug-likeness (QED) is 0.440. The molecule has 0 spiro atoms. The molecule has 1 saturated heterocycles. The number of rotatable bonds is 3. The number of aromatic nitrogens is 1. The van der Waals surface area contributed by atoms with Crippen molar-refractivity contribution in [3.05, 3.63) is 56.8 Å². The topological polar surface area (TPSA) is 71.7 Å². The van der Waals surface area contributed by atoms with E-state index >= 15 is 0 Å². The Bertz CT molecular complexity index is 1320. The number of fused-ring (bicyclic) bond motifs is 1. The van der Waals surface area contributed by atoms with Crippen LogP contribution >= 0.6 is 34.5 Å². The maximum absolute atomic E-state index is 12.9. The number of hydrogen-bond acceptors (Lipinski definition) is 4. The molecule has 4 rings (SSSR count). The molecule has 3 aromatic rings. The van der Waals surface area contributed by atoms with Crippen molar-refractivity contribution in [1.29, 1.82) is 0 Å². The van der Waals surface area contributed by atoms with E-state index in [9.17, 15) is 14.4 Å². The summed E-state index contributed by atoms with van der Waals surface area (Å²) in [5.74, 6) is 1.43. The number of terminal acetylenes is 1. The number of thiazole rings is 1. The molecule has 150 valence electrons. The Morgan fingerprint density at radius 1 is 1.17 bits per heavy atom. The van der Waals surface area contributed by atoms with Gasteiger partial charge >= 0.3 is 0 Å². The summed E-state index contributed by atoms with van der Waals surface area (Å²) in [6.45, 7) is 0.171. The molecule has 30 heavy (non-hydrogen) atoms. The van der Waals surface area contributed by atoms with E-state index in [4.69, 9.17) is 29.6 Å². The number of halogens is 2. The van der Waals surface area contributed by atoms with Crippen LogP contribution in [0.2, 0.25) is 10.0 Å². The first kappa shape index (κ1) is 20.4. The Morgan fingerprint density at radius 2 is 1.90 bits per heavy atom. The molecule has 6 nitrogen and oxygen atoms in total. The van der Waals surface area contributed by atoms with Crippen molar-refractivity contribution in [1.82, 2.24) is 4.57 Å². The van der Waals surface area contributed by atoms with Crippen LogP contribution in [0.3, 0.4) is 0 Å². The smallest absolute Gasteiger partial charge is 0.279 e. The summed E-state index contributed by atoms with van der Waals surface area (Å²) < 4.78 is 2.42. The molecule has 0 saturated carbocycles. The van der Waals surface area contributed by atoms with Gasteiger partial charge in [-0.2, -0.15) is 4.99 Å². The molecule has 0 aliphatic carbocycles. The molecule has 1 aliphatic rings. The van der Waals surface area contributed by atoms with Crippen LogP contribution in [-0.2, 0) is 16.1 Å². The first-order valence-corrected chi connectivity index (χ1v) is 10.4. The second kappa shape index (κ2) is 8.07. The predicted octanol–water partition coefficient (Wildman–Crippen LogP) is 4.04. The number of anilines is 1. The minimum Gasteiger partial charge on any atom is -0.303 e. The Morgan fingerprint density at radius 3 is 2.60 bits per heavy atom. The van der Waals surface area contributed by atoms with E-state index in [1.807, 2.05) is 0 Å². The van der Waals surface area contributed by atoms with Crippen LogP contribution in [0.4, 0.5) is 5.69 Å². The molecule has 3 amide bonds. The van der Waals surface area contributed by atoms with E-state index < -0.39 is 5.91 Å². The Labute approximate surface area is 185 Å². The monoisotopic (exact) mass is 457 g/mol. The number of imide groups is 1. The maximum Gasteiger partial charge on any atom is 0.279 e. The van der Waals surface area contributed by atoms with Gasteiger partial charge in [0.25, 0.3) is 5.91 Å². The van der Waals surface area contributed by atoms with Gasteiger partial charge in [0.1, 0.15) is 0 Å². The summed E-state index contributed by atoms with van der Waals surface area (Å²) in [5.41, 5.74) is 1.25. The molecule has 9 heteroatoms. The molecular weight excluding hydrogens is 445 g/mol. The van der Waals surface area contributed by atoms with Gasteiger partial charge < -0.3 is 4.57 Å². The Balaban J connectivity index is 1.79. The minimum atomic E-state index is -0.532. The second-order valence-corrected chi connectivity index (χ2v) is 8.35. The number of benzene rings is 2. The van der Waals surface area contributed by atoms with Gasteiger partial charge in [0, 0.05) is 23.4 Å². The van der Waals surface area contributed by atoms with Gasteiger partial charge in [-0.3, -0.25) is 19.3 Å². The van der Waals surface area contributed by atoms with Gasteiger partial charge in [-0.1, -0.05) is 46.5 Å². The zero-order valence-electron chi connectivity index (χ0n) is 15.4. The highest BCUT2D eigenvalue weighted by Gasteiger charge is 2.30. The SMILES string of the molecule is C#CCn1c(=NC(=O)c2cccc(N3C(=O)CCC3=O)c2)sc2cc(Cl)cc(Cl)c21. The highest BCUT2D eigenvalue weighted by molar-refractivity contribution is 7.16. The Hall–Kier alpha value is -2.92. The number of carbonyl (C=O) groups excluding carboxylic acids is 3. The van der Waals surface area contributed by atoms with E-state index in [2.05, 4.69) is 10.9 Å². The third-order valence-electron chi connectivity index (χ3n) is 4.54. The van der Waals surface area contributed by atoms with Crippen LogP contribution in [0.5, 0.6) is 0 Å². The van der Waals surface area contributed by atoms with Crippen LogP contribution in [0.15, 0.2) is 41.4 Å². The summed E-state index contributed by atoms with van der Waals surface area (Å²) in [4.78, 5) is 42.5. The fraction of sp³-hybridized carbons (Fsp3) is 0.143. The highest BCUT2D eigenvalue weighted by Crippen LogP contribution is 2.30.